The van der Waals surface area contributed by atoms with E-state index in [0.717, 1.165) is 21.1 Å². The number of fused-ring (bicyclic) bond motifs is 1. The number of hydrogen-bond acceptors (Lipinski definition) is 5. The first-order valence-electron chi connectivity index (χ1n) is 8.45. The lowest BCUT2D eigenvalue weighted by molar-refractivity contribution is -0.116. The summed E-state index contributed by atoms with van der Waals surface area (Å²) < 4.78 is 6.27. The molecular formula is C20H22N2O2S2. The lowest BCUT2D eigenvalue weighted by Gasteiger charge is -2.19. The molecule has 6 heteroatoms. The van der Waals surface area contributed by atoms with Crippen LogP contribution in [0.15, 0.2) is 48.5 Å². The summed E-state index contributed by atoms with van der Waals surface area (Å²) in [5, 5.41) is 0.740. The van der Waals surface area contributed by atoms with Crippen LogP contribution >= 0.6 is 23.1 Å². The van der Waals surface area contributed by atoms with Gasteiger partial charge in [0.25, 0.3) is 0 Å². The van der Waals surface area contributed by atoms with Crippen molar-refractivity contribution in [1.82, 2.24) is 4.98 Å². The minimum atomic E-state index is 0.0683. The Hall–Kier alpha value is -1.89. The topological polar surface area (TPSA) is 42.4 Å². The number of aromatic nitrogens is 1. The first-order valence-corrected chi connectivity index (χ1v) is 10.4. The van der Waals surface area contributed by atoms with E-state index in [1.807, 2.05) is 24.3 Å². The van der Waals surface area contributed by atoms with Gasteiger partial charge in [0.15, 0.2) is 5.13 Å². The first-order chi connectivity index (χ1) is 12.7. The minimum absolute atomic E-state index is 0.0683. The van der Waals surface area contributed by atoms with Gasteiger partial charge < -0.3 is 4.74 Å². The Kier molecular flexibility index (Phi) is 6.66. The number of anilines is 1. The van der Waals surface area contributed by atoms with E-state index < -0.39 is 0 Å². The highest BCUT2D eigenvalue weighted by Gasteiger charge is 2.19. The molecule has 0 N–H and O–H groups in total. The second-order valence-corrected chi connectivity index (χ2v) is 7.98. The fraction of sp³-hybridized carbons (Fsp3) is 0.300. The molecule has 0 spiro atoms. The molecule has 0 fully saturated rings. The van der Waals surface area contributed by atoms with Gasteiger partial charge >= 0.3 is 0 Å². The highest BCUT2D eigenvalue weighted by atomic mass is 32.2. The molecule has 0 aliphatic heterocycles. The molecule has 0 aliphatic rings. The Morgan fingerprint density at radius 1 is 1.23 bits per heavy atom. The van der Waals surface area contributed by atoms with E-state index in [0.29, 0.717) is 18.9 Å². The number of benzene rings is 2. The number of carbonyl (C=O) groups excluding carboxylic acids is 1. The summed E-state index contributed by atoms with van der Waals surface area (Å²) in [4.78, 5) is 19.2. The SMILES string of the molecule is COCCN(C(=O)CSCc1cccc(C)c1)c1nc2ccccc2s1. The summed E-state index contributed by atoms with van der Waals surface area (Å²) >= 11 is 3.18. The fourth-order valence-electron chi connectivity index (χ4n) is 2.62. The van der Waals surface area contributed by atoms with Crippen molar-refractivity contribution in [2.24, 2.45) is 0 Å². The van der Waals surface area contributed by atoms with Gasteiger partial charge in [-0.05, 0) is 24.6 Å². The van der Waals surface area contributed by atoms with Crippen LogP contribution in [0, 0.1) is 6.92 Å². The predicted octanol–water partition coefficient (Wildman–Crippen LogP) is 4.52. The van der Waals surface area contributed by atoms with Gasteiger partial charge in [0, 0.05) is 12.9 Å². The number of carbonyl (C=O) groups is 1. The Balaban J connectivity index is 1.67. The number of nitrogens with zero attached hydrogens (tertiary/aromatic N) is 2. The van der Waals surface area contributed by atoms with E-state index in [9.17, 15) is 4.79 Å². The van der Waals surface area contributed by atoms with Crippen molar-refractivity contribution < 1.29 is 9.53 Å². The molecule has 1 aromatic heterocycles. The molecular weight excluding hydrogens is 364 g/mol. The number of para-hydroxylation sites is 1. The largest absolute Gasteiger partial charge is 0.383 e. The van der Waals surface area contributed by atoms with E-state index >= 15 is 0 Å². The number of amides is 1. The number of rotatable bonds is 8. The lowest BCUT2D eigenvalue weighted by atomic mass is 10.2. The van der Waals surface area contributed by atoms with Crippen LogP contribution in [0.3, 0.4) is 0 Å². The molecule has 1 amide bonds. The molecule has 0 bridgehead atoms. The second kappa shape index (κ2) is 9.16. The third-order valence-electron chi connectivity index (χ3n) is 3.91. The van der Waals surface area contributed by atoms with Crippen LogP contribution in [0.1, 0.15) is 11.1 Å². The average Bonchev–Trinajstić information content (AvgIpc) is 3.06. The first kappa shape index (κ1) is 18.9. The van der Waals surface area contributed by atoms with E-state index in [1.54, 1.807) is 35.1 Å². The smallest absolute Gasteiger partial charge is 0.238 e. The lowest BCUT2D eigenvalue weighted by Crippen LogP contribution is -2.35. The molecule has 26 heavy (non-hydrogen) atoms. The van der Waals surface area contributed by atoms with Crippen molar-refractivity contribution in [2.45, 2.75) is 12.7 Å². The summed E-state index contributed by atoms with van der Waals surface area (Å²) in [6.45, 7) is 3.09. The van der Waals surface area contributed by atoms with Gasteiger partial charge in [-0.1, -0.05) is 53.3 Å². The predicted molar refractivity (Wildman–Crippen MR) is 111 cm³/mol. The standard InChI is InChI=1S/C20H22N2O2S2/c1-15-6-5-7-16(12-15)13-25-14-19(23)22(10-11-24-2)20-21-17-8-3-4-9-18(17)26-20/h3-9,12H,10-11,13-14H2,1-2H3. The van der Waals surface area contributed by atoms with Crippen LogP contribution < -0.4 is 4.90 Å². The quantitative estimate of drug-likeness (QED) is 0.571. The number of hydrogen-bond donors (Lipinski definition) is 0. The van der Waals surface area contributed by atoms with Crippen molar-refractivity contribution in [3.8, 4) is 0 Å². The molecule has 2 aromatic carbocycles. The van der Waals surface area contributed by atoms with Crippen molar-refractivity contribution >= 4 is 44.4 Å². The number of thiazole rings is 1. The Labute approximate surface area is 162 Å². The molecule has 0 saturated carbocycles. The van der Waals surface area contributed by atoms with Gasteiger partial charge in [0.2, 0.25) is 5.91 Å². The van der Waals surface area contributed by atoms with Crippen LogP contribution in [0.25, 0.3) is 10.2 Å². The van der Waals surface area contributed by atoms with Gasteiger partial charge in [-0.15, -0.1) is 11.8 Å². The normalized spacial score (nSPS) is 11.0. The van der Waals surface area contributed by atoms with Crippen LogP contribution in [0.2, 0.25) is 0 Å². The zero-order chi connectivity index (χ0) is 18.4. The molecule has 0 aliphatic carbocycles. The maximum atomic E-state index is 12.8. The summed E-state index contributed by atoms with van der Waals surface area (Å²) in [5.74, 6) is 1.32. The van der Waals surface area contributed by atoms with Gasteiger partial charge in [-0.25, -0.2) is 4.98 Å². The van der Waals surface area contributed by atoms with Crippen LogP contribution in [0.4, 0.5) is 5.13 Å². The summed E-state index contributed by atoms with van der Waals surface area (Å²) in [6, 6.07) is 16.4. The van der Waals surface area contributed by atoms with Crippen molar-refractivity contribution in [2.75, 3.05) is 30.9 Å². The van der Waals surface area contributed by atoms with Crippen LogP contribution in [-0.4, -0.2) is 36.9 Å². The Bertz CT molecular complexity index is 846. The Morgan fingerprint density at radius 3 is 2.85 bits per heavy atom. The third kappa shape index (κ3) is 4.84. The molecule has 0 unspecified atom stereocenters. The van der Waals surface area contributed by atoms with E-state index in [2.05, 4.69) is 36.2 Å². The number of thioether (sulfide) groups is 1. The highest BCUT2D eigenvalue weighted by molar-refractivity contribution is 7.99. The fourth-order valence-corrected chi connectivity index (χ4v) is 4.48. The maximum Gasteiger partial charge on any atom is 0.238 e. The van der Waals surface area contributed by atoms with E-state index in [4.69, 9.17) is 4.74 Å². The average molecular weight is 387 g/mol. The zero-order valence-corrected chi connectivity index (χ0v) is 16.6. The molecule has 0 radical (unpaired) electrons. The maximum absolute atomic E-state index is 12.8. The Morgan fingerprint density at radius 2 is 2.08 bits per heavy atom. The third-order valence-corrected chi connectivity index (χ3v) is 5.96. The van der Waals surface area contributed by atoms with Gasteiger partial charge in [-0.3, -0.25) is 9.69 Å². The van der Waals surface area contributed by atoms with Crippen LogP contribution in [-0.2, 0) is 15.3 Å². The second-order valence-electron chi connectivity index (χ2n) is 5.98. The molecule has 3 aromatic rings. The molecule has 1 heterocycles. The van der Waals surface area contributed by atoms with Gasteiger partial charge in [0.05, 0.1) is 29.1 Å². The molecule has 136 valence electrons. The minimum Gasteiger partial charge on any atom is -0.383 e. The number of aryl methyl sites for hydroxylation is 1. The number of ether oxygens (including phenoxy) is 1. The summed E-state index contributed by atoms with van der Waals surface area (Å²) in [6.07, 6.45) is 0. The summed E-state index contributed by atoms with van der Waals surface area (Å²) in [7, 11) is 1.65. The van der Waals surface area contributed by atoms with Gasteiger partial charge in [-0.2, -0.15) is 0 Å². The molecule has 0 saturated heterocycles. The highest BCUT2D eigenvalue weighted by Crippen LogP contribution is 2.29. The molecule has 4 nitrogen and oxygen atoms in total. The van der Waals surface area contributed by atoms with Crippen molar-refractivity contribution in [1.29, 1.82) is 0 Å². The molecule has 0 atom stereocenters. The summed E-state index contributed by atoms with van der Waals surface area (Å²) in [5.41, 5.74) is 3.41. The zero-order valence-electron chi connectivity index (χ0n) is 15.0. The van der Waals surface area contributed by atoms with Gasteiger partial charge in [0.1, 0.15) is 0 Å². The van der Waals surface area contributed by atoms with E-state index in [-0.39, 0.29) is 5.91 Å². The molecule has 3 rings (SSSR count). The van der Waals surface area contributed by atoms with E-state index in [1.165, 1.54) is 11.1 Å². The van der Waals surface area contributed by atoms with Crippen LogP contribution in [0.5, 0.6) is 0 Å². The van der Waals surface area contributed by atoms with Crippen molar-refractivity contribution in [3.63, 3.8) is 0 Å². The monoisotopic (exact) mass is 386 g/mol. The number of methoxy groups -OCH3 is 1. The van der Waals surface area contributed by atoms with Crippen molar-refractivity contribution in [3.05, 3.63) is 59.7 Å².